The van der Waals surface area contributed by atoms with Crippen LogP contribution in [0.15, 0.2) is 10.7 Å². The molecule has 0 saturated heterocycles. The molecule has 1 N–H and O–H groups in total. The van der Waals surface area contributed by atoms with E-state index in [1.807, 2.05) is 0 Å². The molecule has 1 fully saturated rings. The number of hydrogen-bond donors (Lipinski definition) is 1. The second-order valence-electron chi connectivity index (χ2n) is 5.14. The summed E-state index contributed by atoms with van der Waals surface area (Å²) in [5.41, 5.74) is 0.989. The smallest absolute Gasteiger partial charge is 0.297 e. The second-order valence-corrected chi connectivity index (χ2v) is 5.14. The molecule has 0 radical (unpaired) electrons. The van der Waals surface area contributed by atoms with E-state index in [0.29, 0.717) is 6.04 Å². The second kappa shape index (κ2) is 5.54. The van der Waals surface area contributed by atoms with Crippen LogP contribution in [0.25, 0.3) is 0 Å². The van der Waals surface area contributed by atoms with Gasteiger partial charge in [-0.05, 0) is 25.7 Å². The van der Waals surface area contributed by atoms with Crippen molar-refractivity contribution in [2.75, 3.05) is 18.0 Å². The molecule has 4 nitrogen and oxygen atoms in total. The Kier molecular flexibility index (Phi) is 4.05. The third-order valence-electron chi connectivity index (χ3n) is 3.06. The van der Waals surface area contributed by atoms with Crippen LogP contribution in [0.3, 0.4) is 0 Å². The van der Waals surface area contributed by atoms with Crippen LogP contribution in [-0.2, 0) is 6.54 Å². The molecular formula is C13H23N3O. The summed E-state index contributed by atoms with van der Waals surface area (Å²) in [4.78, 5) is 6.76. The van der Waals surface area contributed by atoms with E-state index < -0.39 is 0 Å². The Bertz CT molecular complexity index is 344. The van der Waals surface area contributed by atoms with Crippen LogP contribution in [0.4, 0.5) is 6.01 Å². The number of aromatic nitrogens is 1. The third-order valence-corrected chi connectivity index (χ3v) is 3.06. The summed E-state index contributed by atoms with van der Waals surface area (Å²) in [5.74, 6) is 0.860. The van der Waals surface area contributed by atoms with Crippen molar-refractivity contribution < 1.29 is 4.42 Å². The number of oxazole rings is 1. The fraction of sp³-hybridized carbons (Fsp3) is 0.769. The Morgan fingerprint density at radius 3 is 2.88 bits per heavy atom. The highest BCUT2D eigenvalue weighted by atomic mass is 16.4. The molecule has 1 aliphatic rings. The lowest BCUT2D eigenvalue weighted by Crippen LogP contribution is -2.26. The third kappa shape index (κ3) is 3.73. The Morgan fingerprint density at radius 2 is 2.29 bits per heavy atom. The molecule has 17 heavy (non-hydrogen) atoms. The van der Waals surface area contributed by atoms with Crippen molar-refractivity contribution in [2.45, 2.75) is 46.2 Å². The van der Waals surface area contributed by atoms with E-state index in [2.05, 4.69) is 36.0 Å². The maximum Gasteiger partial charge on any atom is 0.297 e. The first-order valence-electron chi connectivity index (χ1n) is 6.61. The lowest BCUT2D eigenvalue weighted by atomic mass is 10.3. The molecule has 1 aromatic rings. The Hall–Kier alpha value is -1.03. The van der Waals surface area contributed by atoms with Gasteiger partial charge >= 0.3 is 0 Å². The summed E-state index contributed by atoms with van der Waals surface area (Å²) < 4.78 is 5.55. The predicted molar refractivity (Wildman–Crippen MR) is 69.1 cm³/mol. The lowest BCUT2D eigenvalue weighted by molar-refractivity contribution is 0.527. The molecule has 4 heteroatoms. The van der Waals surface area contributed by atoms with Crippen LogP contribution < -0.4 is 10.2 Å². The van der Waals surface area contributed by atoms with Gasteiger partial charge in [-0.15, -0.1) is 0 Å². The van der Waals surface area contributed by atoms with Gasteiger partial charge in [0.05, 0.1) is 5.69 Å². The summed E-state index contributed by atoms with van der Waals surface area (Å²) in [7, 11) is 0. The normalized spacial score (nSPS) is 15.5. The summed E-state index contributed by atoms with van der Waals surface area (Å²) in [6.45, 7) is 9.25. The maximum absolute atomic E-state index is 5.55. The van der Waals surface area contributed by atoms with Crippen molar-refractivity contribution in [3.05, 3.63) is 12.0 Å². The van der Waals surface area contributed by atoms with Crippen molar-refractivity contribution in [3.8, 4) is 0 Å². The molecule has 1 aromatic heterocycles. The number of rotatable bonds is 7. The molecule has 0 spiro atoms. The SMILES string of the molecule is CCN(CC1CC1)c1nc(CNC(C)C)co1. The standard InChI is InChI=1S/C13H23N3O/c1-4-16(8-11-5-6-11)13-15-12(9-17-13)7-14-10(2)3/h9-11,14H,4-8H2,1-3H3. The molecule has 1 aliphatic carbocycles. The first-order chi connectivity index (χ1) is 8.19. The zero-order chi connectivity index (χ0) is 12.3. The molecule has 0 unspecified atom stereocenters. The summed E-state index contributed by atoms with van der Waals surface area (Å²) in [6, 6.07) is 1.25. The van der Waals surface area contributed by atoms with Gasteiger partial charge < -0.3 is 14.6 Å². The number of hydrogen-bond acceptors (Lipinski definition) is 4. The summed E-state index contributed by atoms with van der Waals surface area (Å²) in [5, 5.41) is 3.34. The predicted octanol–water partition coefficient (Wildman–Crippen LogP) is 2.41. The van der Waals surface area contributed by atoms with Gasteiger partial charge in [0.25, 0.3) is 6.01 Å². The van der Waals surface area contributed by atoms with E-state index in [9.17, 15) is 0 Å². The van der Waals surface area contributed by atoms with Gasteiger partial charge in [0.2, 0.25) is 0 Å². The van der Waals surface area contributed by atoms with Crippen molar-refractivity contribution >= 4 is 6.01 Å². The average Bonchev–Trinajstić information content (AvgIpc) is 3.00. The van der Waals surface area contributed by atoms with Gasteiger partial charge in [-0.3, -0.25) is 0 Å². The van der Waals surface area contributed by atoms with Crippen LogP contribution in [0.1, 0.15) is 39.3 Å². The van der Waals surface area contributed by atoms with Crippen molar-refractivity contribution in [1.29, 1.82) is 0 Å². The largest absolute Gasteiger partial charge is 0.432 e. The van der Waals surface area contributed by atoms with Gasteiger partial charge in [0.1, 0.15) is 6.26 Å². The van der Waals surface area contributed by atoms with Crippen molar-refractivity contribution in [1.82, 2.24) is 10.3 Å². The van der Waals surface area contributed by atoms with Gasteiger partial charge in [0.15, 0.2) is 0 Å². The van der Waals surface area contributed by atoms with E-state index >= 15 is 0 Å². The van der Waals surface area contributed by atoms with E-state index in [1.54, 1.807) is 6.26 Å². The molecule has 1 heterocycles. The minimum Gasteiger partial charge on any atom is -0.432 e. The van der Waals surface area contributed by atoms with Crippen LogP contribution >= 0.6 is 0 Å². The fourth-order valence-corrected chi connectivity index (χ4v) is 1.79. The van der Waals surface area contributed by atoms with Crippen LogP contribution in [0.5, 0.6) is 0 Å². The maximum atomic E-state index is 5.55. The van der Waals surface area contributed by atoms with E-state index in [0.717, 1.165) is 37.3 Å². The quantitative estimate of drug-likeness (QED) is 0.790. The molecule has 0 aromatic carbocycles. The molecule has 0 aliphatic heterocycles. The van der Waals surface area contributed by atoms with Gasteiger partial charge in [-0.25, -0.2) is 0 Å². The Morgan fingerprint density at radius 1 is 1.53 bits per heavy atom. The van der Waals surface area contributed by atoms with Gasteiger partial charge in [-0.2, -0.15) is 4.98 Å². The molecule has 0 amide bonds. The minimum absolute atomic E-state index is 0.476. The minimum atomic E-state index is 0.476. The highest BCUT2D eigenvalue weighted by Crippen LogP contribution is 2.31. The molecule has 1 saturated carbocycles. The van der Waals surface area contributed by atoms with E-state index in [1.165, 1.54) is 12.8 Å². The van der Waals surface area contributed by atoms with Crippen molar-refractivity contribution in [3.63, 3.8) is 0 Å². The van der Waals surface area contributed by atoms with Crippen molar-refractivity contribution in [2.24, 2.45) is 5.92 Å². The number of anilines is 1. The topological polar surface area (TPSA) is 41.3 Å². The van der Waals surface area contributed by atoms with Crippen LogP contribution in [-0.4, -0.2) is 24.1 Å². The van der Waals surface area contributed by atoms with E-state index in [4.69, 9.17) is 4.42 Å². The first kappa shape index (κ1) is 12.4. The first-order valence-corrected chi connectivity index (χ1v) is 6.61. The number of nitrogens with zero attached hydrogens (tertiary/aromatic N) is 2. The fourth-order valence-electron chi connectivity index (χ4n) is 1.79. The van der Waals surface area contributed by atoms with Gasteiger partial charge in [0, 0.05) is 25.7 Å². The van der Waals surface area contributed by atoms with Crippen LogP contribution in [0, 0.1) is 5.92 Å². The Balaban J connectivity index is 1.90. The molecule has 96 valence electrons. The highest BCUT2D eigenvalue weighted by Gasteiger charge is 2.25. The number of nitrogens with one attached hydrogen (secondary N) is 1. The zero-order valence-electron chi connectivity index (χ0n) is 11.1. The molecule has 0 bridgehead atoms. The van der Waals surface area contributed by atoms with Crippen LogP contribution in [0.2, 0.25) is 0 Å². The Labute approximate surface area is 103 Å². The van der Waals surface area contributed by atoms with E-state index in [-0.39, 0.29) is 0 Å². The molecule has 2 rings (SSSR count). The lowest BCUT2D eigenvalue weighted by Gasteiger charge is -2.17. The molecular weight excluding hydrogens is 214 g/mol. The van der Waals surface area contributed by atoms with Gasteiger partial charge in [-0.1, -0.05) is 13.8 Å². The summed E-state index contributed by atoms with van der Waals surface area (Å²) in [6.07, 6.45) is 4.48. The zero-order valence-corrected chi connectivity index (χ0v) is 11.1. The highest BCUT2D eigenvalue weighted by molar-refractivity contribution is 5.27. The monoisotopic (exact) mass is 237 g/mol. The molecule has 0 atom stereocenters. The average molecular weight is 237 g/mol. The summed E-state index contributed by atoms with van der Waals surface area (Å²) >= 11 is 0.